The Balaban J connectivity index is 1.58. The third kappa shape index (κ3) is 2.58. The van der Waals surface area contributed by atoms with Gasteiger partial charge in [0.2, 0.25) is 0 Å². The summed E-state index contributed by atoms with van der Waals surface area (Å²) in [5.74, 6) is 0.903. The van der Waals surface area contributed by atoms with E-state index in [0.29, 0.717) is 6.61 Å². The molecule has 0 unspecified atom stereocenters. The molecule has 0 N–H and O–H groups in total. The smallest absolute Gasteiger partial charge is 0.120 e. The quantitative estimate of drug-likeness (QED) is 0.333. The molecule has 0 aromatic heterocycles. The van der Waals surface area contributed by atoms with Crippen LogP contribution in [0, 0.1) is 0 Å². The lowest BCUT2D eigenvalue weighted by atomic mass is 9.97. The molecule has 0 fully saturated rings. The van der Waals surface area contributed by atoms with Gasteiger partial charge in [0.1, 0.15) is 12.4 Å². The summed E-state index contributed by atoms with van der Waals surface area (Å²) in [7, 11) is 0. The van der Waals surface area contributed by atoms with Crippen molar-refractivity contribution in [2.45, 2.75) is 6.61 Å². The molecule has 0 spiro atoms. The largest absolute Gasteiger partial charge is 0.489 e. The van der Waals surface area contributed by atoms with Crippen LogP contribution < -0.4 is 4.74 Å². The Hall–Kier alpha value is -3.32. The summed E-state index contributed by atoms with van der Waals surface area (Å²) in [5, 5.41) is 7.45. The molecule has 0 aliphatic rings. The Morgan fingerprint density at radius 1 is 0.500 bits per heavy atom. The minimum Gasteiger partial charge on any atom is -0.489 e. The van der Waals surface area contributed by atoms with E-state index in [1.54, 1.807) is 0 Å². The van der Waals surface area contributed by atoms with E-state index in [1.807, 2.05) is 0 Å². The molecule has 0 aliphatic heterocycles. The number of hydrogen-bond donors (Lipinski definition) is 0. The molecule has 0 heterocycles. The maximum atomic E-state index is 6.22. The van der Waals surface area contributed by atoms with Crippen LogP contribution in [0.15, 0.2) is 97.1 Å². The zero-order chi connectivity index (χ0) is 17.3. The van der Waals surface area contributed by atoms with Gasteiger partial charge in [-0.25, -0.2) is 0 Å². The van der Waals surface area contributed by atoms with Gasteiger partial charge in [-0.3, -0.25) is 0 Å². The first-order valence-electron chi connectivity index (χ1n) is 8.89. The van der Waals surface area contributed by atoms with Crippen LogP contribution in [0.3, 0.4) is 0 Å². The second-order valence-corrected chi connectivity index (χ2v) is 6.60. The van der Waals surface area contributed by atoms with E-state index in [0.717, 1.165) is 5.75 Å². The molecule has 0 bridgehead atoms. The highest BCUT2D eigenvalue weighted by Crippen LogP contribution is 2.30. The molecule has 5 rings (SSSR count). The first-order chi connectivity index (χ1) is 12.9. The van der Waals surface area contributed by atoms with Crippen molar-refractivity contribution in [1.29, 1.82) is 0 Å². The summed E-state index contributed by atoms with van der Waals surface area (Å²) in [4.78, 5) is 0. The van der Waals surface area contributed by atoms with Crippen LogP contribution in [-0.4, -0.2) is 0 Å². The van der Waals surface area contributed by atoms with Crippen molar-refractivity contribution < 1.29 is 4.74 Å². The normalized spacial score (nSPS) is 11.2. The molecule has 26 heavy (non-hydrogen) atoms. The average Bonchev–Trinajstić information content (AvgIpc) is 2.71. The van der Waals surface area contributed by atoms with E-state index in [4.69, 9.17) is 4.74 Å². The van der Waals surface area contributed by atoms with Gasteiger partial charge in [-0.1, -0.05) is 78.9 Å². The molecule has 1 nitrogen and oxygen atoms in total. The van der Waals surface area contributed by atoms with E-state index < -0.39 is 0 Å². The summed E-state index contributed by atoms with van der Waals surface area (Å²) in [6, 6.07) is 34.0. The molecule has 5 aromatic carbocycles. The summed E-state index contributed by atoms with van der Waals surface area (Å²) >= 11 is 0. The van der Waals surface area contributed by atoms with Gasteiger partial charge in [0, 0.05) is 5.56 Å². The van der Waals surface area contributed by atoms with Crippen LogP contribution in [0.1, 0.15) is 5.56 Å². The SMILES string of the molecule is c1ccc2cc(OCc3c4ccccc4cc4ccccc34)ccc2c1. The first-order valence-corrected chi connectivity index (χ1v) is 8.89. The lowest BCUT2D eigenvalue weighted by molar-refractivity contribution is 0.309. The maximum absolute atomic E-state index is 6.22. The number of rotatable bonds is 3. The van der Waals surface area contributed by atoms with Gasteiger partial charge in [-0.2, -0.15) is 0 Å². The van der Waals surface area contributed by atoms with Crippen LogP contribution in [0.5, 0.6) is 5.75 Å². The van der Waals surface area contributed by atoms with Crippen molar-refractivity contribution in [2.24, 2.45) is 0 Å². The van der Waals surface area contributed by atoms with Gasteiger partial charge in [-0.15, -0.1) is 0 Å². The van der Waals surface area contributed by atoms with Crippen molar-refractivity contribution in [3.63, 3.8) is 0 Å². The van der Waals surface area contributed by atoms with Crippen molar-refractivity contribution >= 4 is 32.3 Å². The van der Waals surface area contributed by atoms with Gasteiger partial charge < -0.3 is 4.74 Å². The second-order valence-electron chi connectivity index (χ2n) is 6.60. The molecule has 0 saturated carbocycles. The summed E-state index contributed by atoms with van der Waals surface area (Å²) in [6.45, 7) is 0.556. The van der Waals surface area contributed by atoms with Crippen LogP contribution >= 0.6 is 0 Å². The van der Waals surface area contributed by atoms with Crippen molar-refractivity contribution in [3.05, 3.63) is 103 Å². The minimum atomic E-state index is 0.556. The predicted octanol–water partition coefficient (Wildman–Crippen LogP) is 6.73. The van der Waals surface area contributed by atoms with Crippen molar-refractivity contribution in [1.82, 2.24) is 0 Å². The number of fused-ring (bicyclic) bond motifs is 3. The van der Waals surface area contributed by atoms with E-state index in [1.165, 1.54) is 37.9 Å². The molecule has 124 valence electrons. The minimum absolute atomic E-state index is 0.556. The fourth-order valence-corrected chi connectivity index (χ4v) is 3.68. The highest BCUT2D eigenvalue weighted by molar-refractivity contribution is 6.02. The Morgan fingerprint density at radius 2 is 1.08 bits per heavy atom. The van der Waals surface area contributed by atoms with Crippen molar-refractivity contribution in [2.75, 3.05) is 0 Å². The monoisotopic (exact) mass is 334 g/mol. The summed E-state index contributed by atoms with van der Waals surface area (Å²) < 4.78 is 6.22. The molecular formula is C25H18O. The van der Waals surface area contributed by atoms with E-state index in [-0.39, 0.29) is 0 Å². The Labute approximate surface area is 152 Å². The van der Waals surface area contributed by atoms with Gasteiger partial charge in [0.05, 0.1) is 0 Å². The number of benzene rings is 5. The van der Waals surface area contributed by atoms with Gasteiger partial charge >= 0.3 is 0 Å². The van der Waals surface area contributed by atoms with Crippen LogP contribution in [0.2, 0.25) is 0 Å². The highest BCUT2D eigenvalue weighted by Gasteiger charge is 2.08. The molecule has 0 amide bonds. The van der Waals surface area contributed by atoms with Gasteiger partial charge in [-0.05, 0) is 50.5 Å². The Morgan fingerprint density at radius 3 is 1.77 bits per heavy atom. The third-order valence-electron chi connectivity index (χ3n) is 4.99. The maximum Gasteiger partial charge on any atom is 0.120 e. The fourth-order valence-electron chi connectivity index (χ4n) is 3.68. The fraction of sp³-hybridized carbons (Fsp3) is 0.0400. The number of hydrogen-bond acceptors (Lipinski definition) is 1. The van der Waals surface area contributed by atoms with E-state index in [9.17, 15) is 0 Å². The standard InChI is InChI=1S/C25H18O/c1-2-8-19-16-22(14-13-18(19)7-1)26-17-25-23-11-5-3-9-20(23)15-21-10-4-6-12-24(21)25/h1-16H,17H2. The Bertz CT molecular complexity index is 1180. The first kappa shape index (κ1) is 15.0. The third-order valence-corrected chi connectivity index (χ3v) is 4.99. The van der Waals surface area contributed by atoms with Crippen molar-refractivity contribution in [3.8, 4) is 5.75 Å². The topological polar surface area (TPSA) is 9.23 Å². The molecule has 5 aromatic rings. The van der Waals surface area contributed by atoms with Gasteiger partial charge in [0.15, 0.2) is 0 Å². The number of ether oxygens (including phenoxy) is 1. The Kier molecular flexibility index (Phi) is 3.57. The summed E-state index contributed by atoms with van der Waals surface area (Å²) in [6.07, 6.45) is 0. The lowest BCUT2D eigenvalue weighted by Gasteiger charge is -2.13. The summed E-state index contributed by atoms with van der Waals surface area (Å²) in [5.41, 5.74) is 1.24. The molecule has 0 atom stereocenters. The zero-order valence-corrected chi connectivity index (χ0v) is 14.4. The molecule has 0 aliphatic carbocycles. The highest BCUT2D eigenvalue weighted by atomic mass is 16.5. The molecule has 0 saturated heterocycles. The zero-order valence-electron chi connectivity index (χ0n) is 14.4. The van der Waals surface area contributed by atoms with Crippen LogP contribution in [0.4, 0.5) is 0 Å². The molecule has 1 heteroatoms. The average molecular weight is 334 g/mol. The predicted molar refractivity (Wildman–Crippen MR) is 110 cm³/mol. The second kappa shape index (κ2) is 6.20. The lowest BCUT2D eigenvalue weighted by Crippen LogP contribution is -1.98. The van der Waals surface area contributed by atoms with E-state index >= 15 is 0 Å². The molecular weight excluding hydrogens is 316 g/mol. The molecule has 0 radical (unpaired) electrons. The van der Waals surface area contributed by atoms with Crippen LogP contribution in [-0.2, 0) is 6.61 Å². The van der Waals surface area contributed by atoms with Gasteiger partial charge in [0.25, 0.3) is 0 Å². The van der Waals surface area contributed by atoms with Crippen LogP contribution in [0.25, 0.3) is 32.3 Å². The van der Waals surface area contributed by atoms with E-state index in [2.05, 4.69) is 97.1 Å².